The topological polar surface area (TPSA) is 14.0 Å². The number of halogens is 1. The summed E-state index contributed by atoms with van der Waals surface area (Å²) in [5.41, 5.74) is 1.17. The minimum atomic E-state index is -1.65. The third kappa shape index (κ3) is 3.50. The van der Waals surface area contributed by atoms with Crippen LogP contribution in [0.2, 0.25) is 0 Å². The van der Waals surface area contributed by atoms with Gasteiger partial charge in [-0.05, 0) is 24.3 Å². The van der Waals surface area contributed by atoms with E-state index in [0.717, 1.165) is 0 Å². The Morgan fingerprint density at radius 1 is 0.591 bits per heavy atom. The Kier molecular flexibility index (Phi) is 5.60. The fourth-order valence-corrected chi connectivity index (χ4v) is 5.26. The Hall–Kier alpha value is -1.82. The van der Waals surface area contributed by atoms with Crippen LogP contribution >= 0.6 is 7.05 Å². The van der Waals surface area contributed by atoms with Crippen LogP contribution in [-0.4, -0.2) is 6.66 Å². The van der Waals surface area contributed by atoms with Gasteiger partial charge in [0.2, 0.25) is 0 Å². The van der Waals surface area contributed by atoms with Crippen LogP contribution in [0.15, 0.2) is 91.0 Å². The third-order valence-corrected chi connectivity index (χ3v) is 7.04. The van der Waals surface area contributed by atoms with Crippen LogP contribution < -0.4 is 27.8 Å². The Balaban J connectivity index is 0.00000176. The Bertz CT molecular complexity index is 712. The van der Waals surface area contributed by atoms with Gasteiger partial charge in [0.1, 0.15) is 0 Å². The van der Waals surface area contributed by atoms with Crippen molar-refractivity contribution >= 4 is 23.4 Å². The molecule has 0 amide bonds. The highest BCUT2D eigenvalue weighted by Crippen LogP contribution is 2.35. The summed E-state index contributed by atoms with van der Waals surface area (Å²) < 4.78 is 3.80. The lowest BCUT2D eigenvalue weighted by Gasteiger charge is -2.15. The molecule has 0 aliphatic heterocycles. The lowest BCUT2D eigenvalue weighted by Crippen LogP contribution is -3.00. The number of hydrogen-bond donors (Lipinski definition) is 1. The molecule has 0 saturated carbocycles. The highest BCUT2D eigenvalue weighted by molar-refractivity contribution is 7.77. The van der Waals surface area contributed by atoms with Crippen LogP contribution in [0.5, 0.6) is 0 Å². The first-order chi connectivity index (χ1) is 10.3. The summed E-state index contributed by atoms with van der Waals surface area (Å²) in [4.78, 5) is 0. The molecule has 1 N–H and O–H groups in total. The summed E-state index contributed by atoms with van der Waals surface area (Å²) in [6.07, 6.45) is 0. The zero-order valence-corrected chi connectivity index (χ0v) is 14.1. The average Bonchev–Trinajstić information content (AvgIpc) is 2.57. The predicted octanol–water partition coefficient (Wildman–Crippen LogP) is -0.115. The molecule has 0 aromatic heterocycles. The monoisotopic (exact) mass is 327 g/mol. The van der Waals surface area contributed by atoms with Crippen molar-refractivity contribution in [2.45, 2.75) is 0 Å². The molecule has 0 aliphatic carbocycles. The molecular formula is C19H19ClNP. The van der Waals surface area contributed by atoms with Gasteiger partial charge >= 0.3 is 0 Å². The summed E-state index contributed by atoms with van der Waals surface area (Å²) in [5.74, 6) is 0. The van der Waals surface area contributed by atoms with Crippen LogP contribution in [0.25, 0.3) is 0 Å². The first kappa shape index (κ1) is 16.5. The van der Waals surface area contributed by atoms with Crippen LogP contribution in [0.3, 0.4) is 0 Å². The van der Waals surface area contributed by atoms with Gasteiger partial charge in [0.15, 0.2) is 12.7 Å². The summed E-state index contributed by atoms with van der Waals surface area (Å²) in [6.45, 7) is 2.34. The van der Waals surface area contributed by atoms with Crippen molar-refractivity contribution in [1.29, 1.82) is 0 Å². The number of hydrogen-bond acceptors (Lipinski definition) is 0. The standard InChI is InChI=1S/C19H18NP.ClH/c1-21(18-13-7-3-8-14-18,19-15-9-4-10-16-19)20-17-11-5-2-6-12-17;/h2-16H,1H3;1H. The molecule has 3 aromatic rings. The molecule has 112 valence electrons. The van der Waals surface area contributed by atoms with Gasteiger partial charge in [-0.1, -0.05) is 54.6 Å². The molecule has 3 rings (SSSR count). The van der Waals surface area contributed by atoms with E-state index >= 15 is 0 Å². The van der Waals surface area contributed by atoms with Gasteiger partial charge in [0, 0.05) is 29.4 Å². The molecule has 0 fully saturated rings. The fraction of sp³-hybridized carbons (Fsp3) is 0.0526. The van der Waals surface area contributed by atoms with E-state index in [-0.39, 0.29) is 12.4 Å². The van der Waals surface area contributed by atoms with Gasteiger partial charge in [0.25, 0.3) is 0 Å². The second kappa shape index (κ2) is 7.45. The Morgan fingerprint density at radius 2 is 0.955 bits per heavy atom. The summed E-state index contributed by atoms with van der Waals surface area (Å²) >= 11 is 0. The normalized spacial score (nSPS) is 10.6. The summed E-state index contributed by atoms with van der Waals surface area (Å²) in [5, 5.41) is 2.72. The Labute approximate surface area is 138 Å². The van der Waals surface area contributed by atoms with Crippen LogP contribution in [0.1, 0.15) is 0 Å². The molecule has 1 nitrogen and oxygen atoms in total. The number of nitrogens with one attached hydrogen (secondary N) is 1. The zero-order chi connectivity index (χ0) is 14.5. The number of rotatable bonds is 3. The second-order valence-corrected chi connectivity index (χ2v) is 8.42. The molecule has 0 spiro atoms. The van der Waals surface area contributed by atoms with Crippen LogP contribution in [-0.2, 0) is 0 Å². The van der Waals surface area contributed by atoms with Gasteiger partial charge in [-0.2, -0.15) is 0 Å². The van der Waals surface area contributed by atoms with Gasteiger partial charge in [-0.25, -0.2) is 4.74 Å². The van der Waals surface area contributed by atoms with E-state index in [0.29, 0.717) is 0 Å². The fourth-order valence-electron chi connectivity index (χ4n) is 2.50. The smallest absolute Gasteiger partial charge is 0.199 e. The van der Waals surface area contributed by atoms with E-state index < -0.39 is 7.05 Å². The number of benzene rings is 3. The SMILES string of the molecule is CP(=[NH+]c1ccccc1)(c1ccccc1)c1ccccc1.[Cl-]. The zero-order valence-electron chi connectivity index (χ0n) is 12.5. The predicted molar refractivity (Wildman–Crippen MR) is 92.1 cm³/mol. The first-order valence-electron chi connectivity index (χ1n) is 7.10. The van der Waals surface area contributed by atoms with Crippen molar-refractivity contribution in [3.05, 3.63) is 91.0 Å². The molecule has 22 heavy (non-hydrogen) atoms. The van der Waals surface area contributed by atoms with Crippen LogP contribution in [0, 0.1) is 0 Å². The van der Waals surface area contributed by atoms with Crippen molar-refractivity contribution in [2.24, 2.45) is 0 Å². The maximum atomic E-state index is 3.80. The third-order valence-electron chi connectivity index (χ3n) is 3.67. The van der Waals surface area contributed by atoms with Crippen molar-refractivity contribution in [3.8, 4) is 0 Å². The van der Waals surface area contributed by atoms with E-state index in [1.807, 2.05) is 6.07 Å². The molecular weight excluding hydrogens is 309 g/mol. The van der Waals surface area contributed by atoms with Gasteiger partial charge in [0.05, 0.1) is 0 Å². The molecule has 0 saturated heterocycles. The lowest BCUT2D eigenvalue weighted by atomic mass is 10.3. The highest BCUT2D eigenvalue weighted by atomic mass is 35.5. The van der Waals surface area contributed by atoms with Crippen LogP contribution in [0.4, 0.5) is 5.69 Å². The Morgan fingerprint density at radius 3 is 1.36 bits per heavy atom. The molecule has 3 aromatic carbocycles. The van der Waals surface area contributed by atoms with E-state index in [1.165, 1.54) is 16.3 Å². The van der Waals surface area contributed by atoms with E-state index in [9.17, 15) is 0 Å². The molecule has 0 aliphatic rings. The van der Waals surface area contributed by atoms with Crippen molar-refractivity contribution in [3.63, 3.8) is 0 Å². The minimum Gasteiger partial charge on any atom is -1.00 e. The molecule has 0 heterocycles. The molecule has 0 radical (unpaired) electrons. The first-order valence-corrected chi connectivity index (χ1v) is 9.34. The number of para-hydroxylation sites is 1. The van der Waals surface area contributed by atoms with E-state index in [2.05, 4.69) is 96.3 Å². The molecule has 0 bridgehead atoms. The van der Waals surface area contributed by atoms with Gasteiger partial charge in [-0.15, -0.1) is 0 Å². The maximum absolute atomic E-state index is 3.80. The maximum Gasteiger partial charge on any atom is 0.199 e. The van der Waals surface area contributed by atoms with Gasteiger partial charge < -0.3 is 12.4 Å². The summed E-state index contributed by atoms with van der Waals surface area (Å²) in [6, 6.07) is 31.9. The van der Waals surface area contributed by atoms with Crippen molar-refractivity contribution in [1.82, 2.24) is 0 Å². The highest BCUT2D eigenvalue weighted by Gasteiger charge is 2.25. The molecule has 0 atom stereocenters. The van der Waals surface area contributed by atoms with E-state index in [4.69, 9.17) is 0 Å². The average molecular weight is 328 g/mol. The quantitative estimate of drug-likeness (QED) is 0.645. The summed E-state index contributed by atoms with van der Waals surface area (Å²) in [7, 11) is -1.65. The molecule has 0 unspecified atom stereocenters. The van der Waals surface area contributed by atoms with Gasteiger partial charge in [-0.3, -0.25) is 0 Å². The van der Waals surface area contributed by atoms with Crippen molar-refractivity contribution in [2.75, 3.05) is 6.66 Å². The second-order valence-electron chi connectivity index (χ2n) is 5.16. The largest absolute Gasteiger partial charge is 1.00 e. The van der Waals surface area contributed by atoms with E-state index in [1.54, 1.807) is 0 Å². The lowest BCUT2D eigenvalue weighted by molar-refractivity contribution is -0.327. The molecule has 3 heteroatoms. The minimum absolute atomic E-state index is 0. The van der Waals surface area contributed by atoms with Crippen molar-refractivity contribution < 1.29 is 17.2 Å².